The topological polar surface area (TPSA) is 39.1 Å². The predicted molar refractivity (Wildman–Crippen MR) is 70.1 cm³/mol. The summed E-state index contributed by atoms with van der Waals surface area (Å²) in [7, 11) is 0. The van der Waals surface area contributed by atoms with Crippen molar-refractivity contribution in [3.63, 3.8) is 0 Å². The van der Waals surface area contributed by atoms with Crippen LogP contribution in [0.2, 0.25) is 0 Å². The molecule has 1 rings (SSSR count). The number of rotatable bonds is 9. The van der Waals surface area contributed by atoms with Crippen molar-refractivity contribution in [1.29, 1.82) is 0 Å². The zero-order valence-corrected chi connectivity index (χ0v) is 11.3. The zero-order valence-electron chi connectivity index (χ0n) is 11.3. The third kappa shape index (κ3) is 4.88. The van der Waals surface area contributed by atoms with E-state index < -0.39 is 0 Å². The van der Waals surface area contributed by atoms with Gasteiger partial charge in [-0.2, -0.15) is 5.10 Å². The number of hydrogen-bond acceptors (Lipinski definition) is 3. The van der Waals surface area contributed by atoms with Gasteiger partial charge in [0.05, 0.1) is 19.3 Å². The Balaban J connectivity index is 2.35. The third-order valence-corrected chi connectivity index (χ3v) is 2.74. The number of nitrogens with one attached hydrogen (secondary N) is 1. The van der Waals surface area contributed by atoms with Gasteiger partial charge in [-0.1, -0.05) is 13.8 Å². The largest absolute Gasteiger partial charge is 0.380 e. The first-order valence-electron chi connectivity index (χ1n) is 6.59. The van der Waals surface area contributed by atoms with E-state index in [1.807, 2.05) is 10.9 Å². The molecule has 17 heavy (non-hydrogen) atoms. The first-order valence-corrected chi connectivity index (χ1v) is 6.59. The predicted octanol–water partition coefficient (Wildman–Crippen LogP) is 2.12. The Labute approximate surface area is 104 Å². The molecule has 0 unspecified atom stereocenters. The van der Waals surface area contributed by atoms with Crippen LogP contribution in [0.3, 0.4) is 0 Å². The maximum absolute atomic E-state index is 5.47. The van der Waals surface area contributed by atoms with Crippen LogP contribution in [-0.4, -0.2) is 29.5 Å². The van der Waals surface area contributed by atoms with Crippen molar-refractivity contribution >= 4 is 0 Å². The summed E-state index contributed by atoms with van der Waals surface area (Å²) in [6.07, 6.45) is 4.19. The summed E-state index contributed by atoms with van der Waals surface area (Å²) in [5, 5.41) is 7.79. The van der Waals surface area contributed by atoms with Gasteiger partial charge in [0, 0.05) is 24.4 Å². The Bertz CT molecular complexity index is 310. The molecule has 0 aliphatic rings. The minimum atomic E-state index is 0.748. The quantitative estimate of drug-likeness (QED) is 0.671. The highest BCUT2D eigenvalue weighted by atomic mass is 16.5. The van der Waals surface area contributed by atoms with Crippen LogP contribution in [0.5, 0.6) is 0 Å². The van der Waals surface area contributed by atoms with E-state index in [0.29, 0.717) is 0 Å². The molecule has 0 saturated heterocycles. The number of nitrogens with zero attached hydrogens (tertiary/aromatic N) is 2. The fourth-order valence-corrected chi connectivity index (χ4v) is 1.68. The number of hydrogen-bond donors (Lipinski definition) is 1. The van der Waals surface area contributed by atoms with Crippen molar-refractivity contribution in [3.8, 4) is 0 Å². The smallest absolute Gasteiger partial charge is 0.0662 e. The highest BCUT2D eigenvalue weighted by Crippen LogP contribution is 2.06. The van der Waals surface area contributed by atoms with E-state index in [-0.39, 0.29) is 0 Å². The van der Waals surface area contributed by atoms with Gasteiger partial charge in [0.2, 0.25) is 0 Å². The lowest BCUT2D eigenvalue weighted by atomic mass is 10.2. The lowest BCUT2D eigenvalue weighted by Gasteiger charge is -2.06. The first-order chi connectivity index (χ1) is 8.29. The minimum Gasteiger partial charge on any atom is -0.380 e. The van der Waals surface area contributed by atoms with Gasteiger partial charge in [-0.3, -0.25) is 4.68 Å². The second kappa shape index (κ2) is 8.25. The van der Waals surface area contributed by atoms with E-state index in [9.17, 15) is 0 Å². The lowest BCUT2D eigenvalue weighted by molar-refractivity contribution is 0.124. The zero-order chi connectivity index (χ0) is 12.5. The van der Waals surface area contributed by atoms with E-state index in [1.54, 1.807) is 0 Å². The van der Waals surface area contributed by atoms with Crippen LogP contribution in [0.1, 0.15) is 37.9 Å². The van der Waals surface area contributed by atoms with Crippen LogP contribution in [0, 0.1) is 6.92 Å². The molecule has 0 aliphatic heterocycles. The van der Waals surface area contributed by atoms with Gasteiger partial charge in [0.1, 0.15) is 0 Å². The molecule has 1 N–H and O–H groups in total. The lowest BCUT2D eigenvalue weighted by Crippen LogP contribution is -2.15. The second-order valence-corrected chi connectivity index (χ2v) is 4.27. The van der Waals surface area contributed by atoms with Crippen molar-refractivity contribution in [2.45, 2.75) is 46.7 Å². The second-order valence-electron chi connectivity index (χ2n) is 4.27. The average molecular weight is 239 g/mol. The minimum absolute atomic E-state index is 0.748. The highest BCUT2D eigenvalue weighted by Gasteiger charge is 2.05. The fourth-order valence-electron chi connectivity index (χ4n) is 1.68. The molecule has 98 valence electrons. The molecule has 0 fully saturated rings. The van der Waals surface area contributed by atoms with Gasteiger partial charge >= 0.3 is 0 Å². The molecular weight excluding hydrogens is 214 g/mol. The highest BCUT2D eigenvalue weighted by molar-refractivity contribution is 5.15. The summed E-state index contributed by atoms with van der Waals surface area (Å²) in [6, 6.07) is 0. The molecule has 4 nitrogen and oxygen atoms in total. The summed E-state index contributed by atoms with van der Waals surface area (Å²) in [4.78, 5) is 0. The maximum atomic E-state index is 5.47. The van der Waals surface area contributed by atoms with Gasteiger partial charge in [-0.05, 0) is 26.3 Å². The SMILES string of the molecule is CCCNCc1cnn(CCOCCC)c1C. The van der Waals surface area contributed by atoms with Crippen LogP contribution in [0.25, 0.3) is 0 Å². The molecule has 1 heterocycles. The standard InChI is InChI=1S/C13H25N3O/c1-4-6-14-10-13-11-15-16(12(13)3)7-9-17-8-5-2/h11,14H,4-10H2,1-3H3. The van der Waals surface area contributed by atoms with Crippen molar-refractivity contribution in [2.75, 3.05) is 19.8 Å². The molecule has 0 atom stereocenters. The molecular formula is C13H25N3O. The Morgan fingerprint density at radius 1 is 1.29 bits per heavy atom. The molecule has 0 aromatic carbocycles. The van der Waals surface area contributed by atoms with Crippen LogP contribution in [0.15, 0.2) is 6.20 Å². The summed E-state index contributed by atoms with van der Waals surface area (Å²) in [5.74, 6) is 0. The van der Waals surface area contributed by atoms with E-state index in [2.05, 4.69) is 31.2 Å². The normalized spacial score (nSPS) is 11.0. The van der Waals surface area contributed by atoms with E-state index in [0.717, 1.165) is 45.7 Å². The molecule has 0 radical (unpaired) electrons. The summed E-state index contributed by atoms with van der Waals surface area (Å²) < 4.78 is 7.50. The van der Waals surface area contributed by atoms with Crippen LogP contribution in [-0.2, 0) is 17.8 Å². The number of ether oxygens (including phenoxy) is 1. The van der Waals surface area contributed by atoms with E-state index >= 15 is 0 Å². The van der Waals surface area contributed by atoms with E-state index in [4.69, 9.17) is 4.74 Å². The molecule has 0 bridgehead atoms. The number of aromatic nitrogens is 2. The Morgan fingerprint density at radius 2 is 2.12 bits per heavy atom. The Hall–Kier alpha value is -0.870. The maximum Gasteiger partial charge on any atom is 0.0662 e. The summed E-state index contributed by atoms with van der Waals surface area (Å²) >= 11 is 0. The first kappa shape index (κ1) is 14.2. The molecule has 0 aliphatic carbocycles. The monoisotopic (exact) mass is 239 g/mol. The third-order valence-electron chi connectivity index (χ3n) is 2.74. The van der Waals surface area contributed by atoms with Crippen LogP contribution in [0.4, 0.5) is 0 Å². The Morgan fingerprint density at radius 3 is 2.82 bits per heavy atom. The van der Waals surface area contributed by atoms with Crippen molar-refractivity contribution < 1.29 is 4.74 Å². The van der Waals surface area contributed by atoms with Crippen LogP contribution >= 0.6 is 0 Å². The summed E-state index contributed by atoms with van der Waals surface area (Å²) in [5.41, 5.74) is 2.53. The molecule has 0 spiro atoms. The van der Waals surface area contributed by atoms with Gasteiger partial charge in [0.15, 0.2) is 0 Å². The molecule has 4 heteroatoms. The van der Waals surface area contributed by atoms with Crippen LogP contribution < -0.4 is 5.32 Å². The average Bonchev–Trinajstić information content (AvgIpc) is 2.67. The molecule has 1 aromatic heterocycles. The van der Waals surface area contributed by atoms with Gasteiger partial charge in [-0.25, -0.2) is 0 Å². The summed E-state index contributed by atoms with van der Waals surface area (Å²) in [6.45, 7) is 10.8. The van der Waals surface area contributed by atoms with Gasteiger partial charge in [-0.15, -0.1) is 0 Å². The van der Waals surface area contributed by atoms with Gasteiger partial charge < -0.3 is 10.1 Å². The van der Waals surface area contributed by atoms with Crippen molar-refractivity contribution in [1.82, 2.24) is 15.1 Å². The van der Waals surface area contributed by atoms with Crippen molar-refractivity contribution in [2.24, 2.45) is 0 Å². The van der Waals surface area contributed by atoms with Crippen molar-refractivity contribution in [3.05, 3.63) is 17.5 Å². The van der Waals surface area contributed by atoms with Gasteiger partial charge in [0.25, 0.3) is 0 Å². The Kier molecular flexibility index (Phi) is 6.89. The molecule has 0 amide bonds. The molecule has 1 aromatic rings. The van der Waals surface area contributed by atoms with E-state index in [1.165, 1.54) is 11.3 Å². The molecule has 0 saturated carbocycles. The fraction of sp³-hybridized carbons (Fsp3) is 0.769.